The summed E-state index contributed by atoms with van der Waals surface area (Å²) >= 11 is 0. The van der Waals surface area contributed by atoms with E-state index in [0.717, 1.165) is 19.3 Å². The van der Waals surface area contributed by atoms with Gasteiger partial charge in [0, 0.05) is 31.2 Å². The van der Waals surface area contributed by atoms with Gasteiger partial charge in [0.25, 0.3) is 10.2 Å². The van der Waals surface area contributed by atoms with Crippen molar-refractivity contribution in [2.45, 2.75) is 64.1 Å². The predicted molar refractivity (Wildman–Crippen MR) is 86.8 cm³/mol. The average Bonchev–Trinajstić information content (AvgIpc) is 2.67. The maximum absolute atomic E-state index is 12.6. The molecule has 0 radical (unpaired) electrons. The molecule has 3 saturated heterocycles. The Morgan fingerprint density at radius 2 is 1.52 bits per heavy atom. The molecule has 0 aliphatic carbocycles. The summed E-state index contributed by atoms with van der Waals surface area (Å²) in [5, 5.41) is 3.55. The number of nitrogens with one attached hydrogen (secondary N) is 2. The number of nitrogens with zero attached hydrogens (tertiary/aromatic N) is 1. The summed E-state index contributed by atoms with van der Waals surface area (Å²) < 4.78 is 29.8. The molecule has 4 atom stereocenters. The summed E-state index contributed by atoms with van der Waals surface area (Å²) in [6.07, 6.45) is 5.40. The third-order valence-corrected chi connectivity index (χ3v) is 6.57. The Kier molecular flexibility index (Phi) is 5.58. The van der Waals surface area contributed by atoms with Gasteiger partial charge in [-0.1, -0.05) is 13.8 Å². The van der Waals surface area contributed by atoms with Crippen LogP contribution < -0.4 is 10.0 Å². The van der Waals surface area contributed by atoms with E-state index in [1.54, 1.807) is 4.31 Å². The fraction of sp³-hybridized carbons (Fsp3) is 1.00. The molecule has 2 N–H and O–H groups in total. The molecule has 124 valence electrons. The first-order chi connectivity index (χ1) is 9.42. The number of piperidine rings is 2. The number of rotatable bonds is 3. The summed E-state index contributed by atoms with van der Waals surface area (Å²) in [5.41, 5.74) is 0. The van der Waals surface area contributed by atoms with Crippen molar-refractivity contribution in [1.82, 2.24) is 14.3 Å². The molecule has 5 nitrogen and oxygen atoms in total. The van der Waals surface area contributed by atoms with Crippen LogP contribution in [0.15, 0.2) is 0 Å². The van der Waals surface area contributed by atoms with Crippen LogP contribution in [0.25, 0.3) is 0 Å². The lowest BCUT2D eigenvalue weighted by Crippen LogP contribution is -2.54. The maximum Gasteiger partial charge on any atom is 0.279 e. The zero-order valence-corrected chi connectivity index (χ0v) is 14.5. The molecule has 0 aromatic heterocycles. The standard InChI is InChI=1S/C14H27N3O2S.ClH/c1-10-5-11(2)9-17(8-10)20(18,19)16-14-6-12-3-4-13(7-14)15-12;/h10-16H,3-9H2,1-2H3;1H. The van der Waals surface area contributed by atoms with Crippen molar-refractivity contribution in [2.75, 3.05) is 13.1 Å². The Morgan fingerprint density at radius 3 is 2.05 bits per heavy atom. The second-order valence-electron chi connectivity index (χ2n) is 7.19. The second kappa shape index (κ2) is 6.71. The molecule has 3 aliphatic rings. The molecular weight excluding hydrogens is 310 g/mol. The lowest BCUT2D eigenvalue weighted by atomic mass is 9.94. The molecule has 4 unspecified atom stereocenters. The minimum atomic E-state index is -3.31. The van der Waals surface area contributed by atoms with Crippen LogP contribution in [0.5, 0.6) is 0 Å². The van der Waals surface area contributed by atoms with Gasteiger partial charge in [-0.2, -0.15) is 17.4 Å². The first kappa shape index (κ1) is 17.5. The minimum absolute atomic E-state index is 0. The van der Waals surface area contributed by atoms with E-state index in [9.17, 15) is 8.42 Å². The zero-order valence-electron chi connectivity index (χ0n) is 12.9. The van der Waals surface area contributed by atoms with Gasteiger partial charge in [-0.05, 0) is 43.9 Å². The van der Waals surface area contributed by atoms with E-state index in [-0.39, 0.29) is 18.4 Å². The van der Waals surface area contributed by atoms with Crippen LogP contribution in [0.3, 0.4) is 0 Å². The Balaban J connectivity index is 0.00000161. The van der Waals surface area contributed by atoms with E-state index in [0.29, 0.717) is 37.0 Å². The summed E-state index contributed by atoms with van der Waals surface area (Å²) in [5.74, 6) is 0.916. The van der Waals surface area contributed by atoms with Crippen LogP contribution in [0, 0.1) is 11.8 Å². The highest BCUT2D eigenvalue weighted by molar-refractivity contribution is 7.87. The summed E-state index contributed by atoms with van der Waals surface area (Å²) in [7, 11) is -3.31. The summed E-state index contributed by atoms with van der Waals surface area (Å²) in [6, 6.07) is 1.15. The molecule has 21 heavy (non-hydrogen) atoms. The summed E-state index contributed by atoms with van der Waals surface area (Å²) in [4.78, 5) is 0. The number of fused-ring (bicyclic) bond motifs is 2. The Labute approximate surface area is 134 Å². The summed E-state index contributed by atoms with van der Waals surface area (Å²) in [6.45, 7) is 5.61. The highest BCUT2D eigenvalue weighted by Crippen LogP contribution is 2.28. The van der Waals surface area contributed by atoms with Gasteiger partial charge in [0.15, 0.2) is 0 Å². The van der Waals surface area contributed by atoms with Crippen molar-refractivity contribution in [2.24, 2.45) is 11.8 Å². The molecule has 2 bridgehead atoms. The van der Waals surface area contributed by atoms with Crippen LogP contribution in [0.4, 0.5) is 0 Å². The quantitative estimate of drug-likeness (QED) is 0.820. The maximum atomic E-state index is 12.6. The molecule has 3 fully saturated rings. The monoisotopic (exact) mass is 337 g/mol. The van der Waals surface area contributed by atoms with E-state index in [2.05, 4.69) is 23.9 Å². The highest BCUT2D eigenvalue weighted by Gasteiger charge is 2.37. The van der Waals surface area contributed by atoms with E-state index < -0.39 is 10.2 Å². The van der Waals surface area contributed by atoms with Crippen molar-refractivity contribution in [1.29, 1.82) is 0 Å². The van der Waals surface area contributed by atoms with Gasteiger partial charge in [-0.3, -0.25) is 0 Å². The van der Waals surface area contributed by atoms with Crippen molar-refractivity contribution in [3.63, 3.8) is 0 Å². The molecule has 3 heterocycles. The number of hydrogen-bond donors (Lipinski definition) is 2. The van der Waals surface area contributed by atoms with Gasteiger partial charge in [0.1, 0.15) is 0 Å². The molecule has 3 rings (SSSR count). The SMILES string of the molecule is CC1CC(C)CN(S(=O)(=O)NC2CC3CCC(C2)N3)C1.Cl. The van der Waals surface area contributed by atoms with E-state index in [4.69, 9.17) is 0 Å². The van der Waals surface area contributed by atoms with Crippen LogP contribution in [-0.2, 0) is 10.2 Å². The molecule has 0 aromatic rings. The molecule has 0 spiro atoms. The minimum Gasteiger partial charge on any atom is -0.311 e. The van der Waals surface area contributed by atoms with Crippen LogP contribution >= 0.6 is 12.4 Å². The second-order valence-corrected chi connectivity index (χ2v) is 8.89. The molecule has 3 aliphatic heterocycles. The fourth-order valence-electron chi connectivity index (χ4n) is 4.24. The van der Waals surface area contributed by atoms with Gasteiger partial charge in [-0.25, -0.2) is 0 Å². The highest BCUT2D eigenvalue weighted by atomic mass is 35.5. The molecule has 0 aromatic carbocycles. The first-order valence-electron chi connectivity index (χ1n) is 7.96. The molecule has 0 saturated carbocycles. The predicted octanol–water partition coefficient (Wildman–Crippen LogP) is 1.50. The Bertz CT molecular complexity index is 437. The average molecular weight is 338 g/mol. The van der Waals surface area contributed by atoms with Gasteiger partial charge in [-0.15, -0.1) is 12.4 Å². The molecule has 7 heteroatoms. The number of halogens is 1. The van der Waals surface area contributed by atoms with Gasteiger partial charge < -0.3 is 5.32 Å². The third-order valence-electron chi connectivity index (χ3n) is 4.96. The van der Waals surface area contributed by atoms with Crippen molar-refractivity contribution < 1.29 is 8.42 Å². The van der Waals surface area contributed by atoms with Crippen LogP contribution in [-0.4, -0.2) is 43.9 Å². The van der Waals surface area contributed by atoms with Gasteiger partial charge in [0.2, 0.25) is 0 Å². The van der Waals surface area contributed by atoms with E-state index >= 15 is 0 Å². The van der Waals surface area contributed by atoms with Crippen LogP contribution in [0.1, 0.15) is 46.0 Å². The molecule has 0 amide bonds. The fourth-order valence-corrected chi connectivity index (χ4v) is 5.90. The Hall–Kier alpha value is 0.120. The van der Waals surface area contributed by atoms with E-state index in [1.165, 1.54) is 12.8 Å². The van der Waals surface area contributed by atoms with Crippen LogP contribution in [0.2, 0.25) is 0 Å². The van der Waals surface area contributed by atoms with Crippen molar-refractivity contribution in [3.8, 4) is 0 Å². The Morgan fingerprint density at radius 1 is 1.00 bits per heavy atom. The van der Waals surface area contributed by atoms with Gasteiger partial charge in [0.05, 0.1) is 0 Å². The lowest BCUT2D eigenvalue weighted by Gasteiger charge is -2.36. The van der Waals surface area contributed by atoms with Crippen molar-refractivity contribution in [3.05, 3.63) is 0 Å². The third kappa shape index (κ3) is 4.10. The van der Waals surface area contributed by atoms with E-state index in [1.807, 2.05) is 0 Å². The van der Waals surface area contributed by atoms with Crippen molar-refractivity contribution >= 4 is 22.6 Å². The largest absolute Gasteiger partial charge is 0.311 e. The van der Waals surface area contributed by atoms with Gasteiger partial charge >= 0.3 is 0 Å². The first-order valence-corrected chi connectivity index (χ1v) is 9.40. The normalized spacial score (nSPS) is 40.8. The topological polar surface area (TPSA) is 61.4 Å². The molecular formula is C14H28ClN3O2S. The zero-order chi connectivity index (χ0) is 14.3. The smallest absolute Gasteiger partial charge is 0.279 e. The lowest BCUT2D eigenvalue weighted by molar-refractivity contribution is 0.218. The number of hydrogen-bond acceptors (Lipinski definition) is 3.